The van der Waals surface area contributed by atoms with Gasteiger partial charge in [-0.25, -0.2) is 0 Å². The Morgan fingerprint density at radius 2 is 1.49 bits per heavy atom. The van der Waals surface area contributed by atoms with Crippen molar-refractivity contribution in [3.05, 3.63) is 41.5 Å². The number of benzene rings is 2. The van der Waals surface area contributed by atoms with Crippen molar-refractivity contribution in [1.29, 1.82) is 0 Å². The van der Waals surface area contributed by atoms with Gasteiger partial charge in [0, 0.05) is 6.61 Å². The van der Waals surface area contributed by atoms with Gasteiger partial charge in [-0.2, -0.15) is 0 Å². The van der Waals surface area contributed by atoms with Crippen LogP contribution in [0.4, 0.5) is 0 Å². The molecule has 7 atom stereocenters. The molecule has 39 heavy (non-hydrogen) atoms. The van der Waals surface area contributed by atoms with Crippen LogP contribution < -0.4 is 23.7 Å². The molecule has 3 rings (SSSR count). The highest BCUT2D eigenvalue weighted by Crippen LogP contribution is 2.41. The number of aryl methyl sites for hydroxylation is 1. The first-order valence-electron chi connectivity index (χ1n) is 12.5. The second-order valence-electron chi connectivity index (χ2n) is 9.15. The number of hydrogen-bond acceptors (Lipinski definition) is 12. The third kappa shape index (κ3) is 7.03. The van der Waals surface area contributed by atoms with E-state index in [0.717, 1.165) is 5.56 Å². The van der Waals surface area contributed by atoms with Gasteiger partial charge >= 0.3 is 0 Å². The zero-order valence-corrected chi connectivity index (χ0v) is 22.4. The summed E-state index contributed by atoms with van der Waals surface area (Å²) in [6.07, 6.45) is -7.64. The van der Waals surface area contributed by atoms with Crippen LogP contribution in [0.5, 0.6) is 28.7 Å². The van der Waals surface area contributed by atoms with Crippen LogP contribution in [0.15, 0.2) is 30.3 Å². The van der Waals surface area contributed by atoms with Crippen LogP contribution in [0.25, 0.3) is 0 Å². The summed E-state index contributed by atoms with van der Waals surface area (Å²) in [7, 11) is 4.30. The van der Waals surface area contributed by atoms with E-state index in [0.29, 0.717) is 29.9 Å². The molecule has 1 fully saturated rings. The maximum atomic E-state index is 11.1. The Balaban J connectivity index is 1.82. The zero-order chi connectivity index (χ0) is 28.7. The molecule has 6 N–H and O–H groups in total. The Hall–Kier alpha value is -2.84. The number of aliphatic hydroxyl groups excluding tert-OH is 6. The summed E-state index contributed by atoms with van der Waals surface area (Å²) >= 11 is 0. The largest absolute Gasteiger partial charge is 0.493 e. The minimum atomic E-state index is -1.52. The summed E-state index contributed by atoms with van der Waals surface area (Å²) in [6.45, 7) is 1.02. The summed E-state index contributed by atoms with van der Waals surface area (Å²) in [5, 5.41) is 60.5. The summed E-state index contributed by atoms with van der Waals surface area (Å²) in [5.41, 5.74) is 1.18. The second-order valence-corrected chi connectivity index (χ2v) is 9.15. The summed E-state index contributed by atoms with van der Waals surface area (Å²) < 4.78 is 33.5. The molecule has 0 spiro atoms. The molecular weight excluding hydrogens is 516 g/mol. The lowest BCUT2D eigenvalue weighted by atomic mass is 10.00. The molecular formula is C27H38O12. The van der Waals surface area contributed by atoms with Crippen LogP contribution in [0.1, 0.15) is 30.6 Å². The topological polar surface area (TPSA) is 177 Å². The van der Waals surface area contributed by atoms with Crippen molar-refractivity contribution in [1.82, 2.24) is 0 Å². The molecule has 218 valence electrons. The predicted molar refractivity (Wildman–Crippen MR) is 137 cm³/mol. The van der Waals surface area contributed by atoms with E-state index in [1.165, 1.54) is 46.5 Å². The smallest absolute Gasteiger partial charge is 0.229 e. The van der Waals surface area contributed by atoms with Crippen LogP contribution in [-0.2, 0) is 11.2 Å². The van der Waals surface area contributed by atoms with Gasteiger partial charge in [0.25, 0.3) is 0 Å². The van der Waals surface area contributed by atoms with E-state index in [-0.39, 0.29) is 23.9 Å². The Labute approximate surface area is 226 Å². The lowest BCUT2D eigenvalue weighted by Gasteiger charge is -2.39. The van der Waals surface area contributed by atoms with Crippen molar-refractivity contribution < 1.29 is 59.1 Å². The minimum Gasteiger partial charge on any atom is -0.493 e. The Morgan fingerprint density at radius 3 is 2.05 bits per heavy atom. The van der Waals surface area contributed by atoms with Crippen molar-refractivity contribution >= 4 is 0 Å². The molecule has 2 aromatic carbocycles. The van der Waals surface area contributed by atoms with Gasteiger partial charge in [0.05, 0.1) is 34.0 Å². The predicted octanol–water partition coefficient (Wildman–Crippen LogP) is 0.317. The van der Waals surface area contributed by atoms with Crippen LogP contribution in [-0.4, -0.2) is 102 Å². The summed E-state index contributed by atoms with van der Waals surface area (Å²) in [4.78, 5) is 0. The van der Waals surface area contributed by atoms with Crippen molar-refractivity contribution in [2.24, 2.45) is 0 Å². The van der Waals surface area contributed by atoms with Gasteiger partial charge in [-0.05, 0) is 55.2 Å². The Morgan fingerprint density at radius 1 is 0.846 bits per heavy atom. The van der Waals surface area contributed by atoms with Gasteiger partial charge in [-0.1, -0.05) is 6.07 Å². The molecule has 0 bridgehead atoms. The van der Waals surface area contributed by atoms with E-state index < -0.39 is 49.5 Å². The average Bonchev–Trinajstić information content (AvgIpc) is 2.95. The molecule has 0 unspecified atom stereocenters. The van der Waals surface area contributed by atoms with E-state index in [9.17, 15) is 25.5 Å². The molecule has 1 aliphatic heterocycles. The van der Waals surface area contributed by atoms with Gasteiger partial charge in [0.15, 0.2) is 29.1 Å². The Bertz CT molecular complexity index is 1040. The molecule has 0 amide bonds. The first kappa shape index (κ1) is 30.7. The lowest BCUT2D eigenvalue weighted by Crippen LogP contribution is -2.58. The number of aliphatic hydroxyl groups is 6. The molecule has 1 saturated heterocycles. The quantitative estimate of drug-likeness (QED) is 0.200. The fraction of sp³-hybridized carbons (Fsp3) is 0.556. The van der Waals surface area contributed by atoms with Gasteiger partial charge in [-0.15, -0.1) is 0 Å². The SMILES string of the molecule is COc1cc([C@H](O)[C@@H](CO)Oc2c(OC)cc(CCCO)cc2OC)ccc1O[C@@H]1O[C@@H](C)[C@H](O)[C@@H](O)[C@H]1O. The highest BCUT2D eigenvalue weighted by Gasteiger charge is 2.43. The molecule has 0 aliphatic carbocycles. The number of ether oxygens (including phenoxy) is 6. The number of methoxy groups -OCH3 is 3. The van der Waals surface area contributed by atoms with Gasteiger partial charge in [-0.3, -0.25) is 0 Å². The van der Waals surface area contributed by atoms with Crippen LogP contribution in [0.3, 0.4) is 0 Å². The zero-order valence-electron chi connectivity index (χ0n) is 22.4. The fourth-order valence-corrected chi connectivity index (χ4v) is 4.25. The first-order valence-corrected chi connectivity index (χ1v) is 12.5. The minimum absolute atomic E-state index is 0.0351. The fourth-order valence-electron chi connectivity index (χ4n) is 4.25. The van der Waals surface area contributed by atoms with Crippen molar-refractivity contribution in [2.75, 3.05) is 34.5 Å². The maximum absolute atomic E-state index is 11.1. The summed E-state index contributed by atoms with van der Waals surface area (Å²) in [6, 6.07) is 7.94. The molecule has 1 aliphatic rings. The molecule has 2 aromatic rings. The normalized spacial score (nSPS) is 24.5. The maximum Gasteiger partial charge on any atom is 0.229 e. The highest BCUT2D eigenvalue weighted by molar-refractivity contribution is 5.54. The monoisotopic (exact) mass is 554 g/mol. The third-order valence-electron chi connectivity index (χ3n) is 6.53. The molecule has 0 radical (unpaired) electrons. The first-order chi connectivity index (χ1) is 18.7. The second kappa shape index (κ2) is 14.0. The van der Waals surface area contributed by atoms with Gasteiger partial charge < -0.3 is 59.1 Å². The van der Waals surface area contributed by atoms with Gasteiger partial charge in [0.1, 0.15) is 24.4 Å². The van der Waals surface area contributed by atoms with E-state index in [1.54, 1.807) is 12.1 Å². The van der Waals surface area contributed by atoms with E-state index in [2.05, 4.69) is 0 Å². The van der Waals surface area contributed by atoms with Crippen molar-refractivity contribution in [3.63, 3.8) is 0 Å². The number of hydrogen-bond donors (Lipinski definition) is 6. The highest BCUT2D eigenvalue weighted by atomic mass is 16.7. The standard InChI is InChI=1S/C27H38O12/c1-14-22(30)24(32)25(33)27(37-14)39-17-8-7-16(12-18(17)34-2)23(31)21(13-29)38-26-19(35-3)10-15(6-5-9-28)11-20(26)36-4/h7-8,10-12,14,21-25,27-33H,5-6,9,13H2,1-4H3/t14-,21+,22-,23-,24+,25+,27-/m0/s1. The van der Waals surface area contributed by atoms with Crippen molar-refractivity contribution in [2.45, 2.75) is 62.7 Å². The molecule has 1 heterocycles. The van der Waals surface area contributed by atoms with Crippen LogP contribution in [0, 0.1) is 0 Å². The van der Waals surface area contributed by atoms with Gasteiger partial charge in [0.2, 0.25) is 12.0 Å². The number of rotatable bonds is 13. The van der Waals surface area contributed by atoms with E-state index in [1.807, 2.05) is 0 Å². The average molecular weight is 555 g/mol. The molecule has 0 aromatic heterocycles. The molecule has 12 heteroatoms. The molecule has 12 nitrogen and oxygen atoms in total. The van der Waals surface area contributed by atoms with Crippen LogP contribution >= 0.6 is 0 Å². The van der Waals surface area contributed by atoms with E-state index >= 15 is 0 Å². The Kier molecular flexibility index (Phi) is 11.0. The van der Waals surface area contributed by atoms with Crippen LogP contribution in [0.2, 0.25) is 0 Å². The summed E-state index contributed by atoms with van der Waals surface area (Å²) in [5.74, 6) is 1.19. The lowest BCUT2D eigenvalue weighted by molar-refractivity contribution is -0.268. The third-order valence-corrected chi connectivity index (χ3v) is 6.53. The van der Waals surface area contributed by atoms with E-state index in [4.69, 9.17) is 33.5 Å². The van der Waals surface area contributed by atoms with Crippen molar-refractivity contribution in [3.8, 4) is 28.7 Å². The molecule has 0 saturated carbocycles.